The number of hydrogen-bond donors (Lipinski definition) is 1. The fourth-order valence-corrected chi connectivity index (χ4v) is 2.07. The SMILES string of the molecule is CCCSc1ccc(C(C)NC)cc1F. The van der Waals surface area contributed by atoms with Crippen LogP contribution in [0.3, 0.4) is 0 Å². The molecule has 0 radical (unpaired) electrons. The van der Waals surface area contributed by atoms with Crippen molar-refractivity contribution in [2.75, 3.05) is 12.8 Å². The third-order valence-electron chi connectivity index (χ3n) is 2.35. The Balaban J connectivity index is 2.78. The molecule has 1 unspecified atom stereocenters. The van der Waals surface area contributed by atoms with Gasteiger partial charge in [-0.15, -0.1) is 11.8 Å². The summed E-state index contributed by atoms with van der Waals surface area (Å²) in [5.74, 6) is 0.866. The van der Waals surface area contributed by atoms with Crippen molar-refractivity contribution in [2.45, 2.75) is 31.2 Å². The lowest BCUT2D eigenvalue weighted by molar-refractivity contribution is 0.587. The van der Waals surface area contributed by atoms with E-state index in [2.05, 4.69) is 12.2 Å². The van der Waals surface area contributed by atoms with Crippen molar-refractivity contribution in [3.05, 3.63) is 29.6 Å². The van der Waals surface area contributed by atoms with Crippen molar-refractivity contribution in [1.29, 1.82) is 0 Å². The van der Waals surface area contributed by atoms with E-state index in [-0.39, 0.29) is 11.9 Å². The molecule has 0 amide bonds. The number of hydrogen-bond acceptors (Lipinski definition) is 2. The van der Waals surface area contributed by atoms with Crippen LogP contribution in [-0.2, 0) is 0 Å². The van der Waals surface area contributed by atoms with Gasteiger partial charge in [0.1, 0.15) is 5.82 Å². The monoisotopic (exact) mass is 227 g/mol. The summed E-state index contributed by atoms with van der Waals surface area (Å²) < 4.78 is 13.6. The molecule has 1 N–H and O–H groups in total. The van der Waals surface area contributed by atoms with Crippen LogP contribution in [0.25, 0.3) is 0 Å². The highest BCUT2D eigenvalue weighted by Crippen LogP contribution is 2.25. The smallest absolute Gasteiger partial charge is 0.137 e. The quantitative estimate of drug-likeness (QED) is 0.771. The van der Waals surface area contributed by atoms with E-state index in [0.29, 0.717) is 0 Å². The van der Waals surface area contributed by atoms with Crippen LogP contribution in [-0.4, -0.2) is 12.8 Å². The number of halogens is 1. The van der Waals surface area contributed by atoms with Crippen LogP contribution in [0, 0.1) is 5.82 Å². The maximum absolute atomic E-state index is 13.6. The molecule has 0 aromatic heterocycles. The van der Waals surface area contributed by atoms with Gasteiger partial charge in [0.05, 0.1) is 0 Å². The molecule has 1 nitrogen and oxygen atoms in total. The Labute approximate surface area is 95.5 Å². The average molecular weight is 227 g/mol. The molecule has 0 aliphatic rings. The Bertz CT molecular complexity index is 314. The second kappa shape index (κ2) is 6.13. The standard InChI is InChI=1S/C12H18FNS/c1-4-7-15-12-6-5-10(8-11(12)13)9(2)14-3/h5-6,8-9,14H,4,7H2,1-3H3. The number of thioether (sulfide) groups is 1. The zero-order valence-corrected chi connectivity index (χ0v) is 10.3. The van der Waals surface area contributed by atoms with Crippen LogP contribution in [0.2, 0.25) is 0 Å². The molecule has 1 aromatic carbocycles. The molecule has 0 saturated heterocycles. The number of rotatable bonds is 5. The lowest BCUT2D eigenvalue weighted by Crippen LogP contribution is -2.12. The first-order valence-corrected chi connectivity index (χ1v) is 6.27. The molecule has 3 heteroatoms. The zero-order valence-electron chi connectivity index (χ0n) is 9.51. The predicted octanol–water partition coefficient (Wildman–Crippen LogP) is 3.61. The Morgan fingerprint density at radius 1 is 1.47 bits per heavy atom. The van der Waals surface area contributed by atoms with E-state index in [0.717, 1.165) is 22.6 Å². The van der Waals surface area contributed by atoms with E-state index in [1.165, 1.54) is 0 Å². The van der Waals surface area contributed by atoms with Crippen LogP contribution in [0.4, 0.5) is 4.39 Å². The fourth-order valence-electron chi connectivity index (χ4n) is 1.28. The van der Waals surface area contributed by atoms with E-state index in [1.807, 2.05) is 26.1 Å². The summed E-state index contributed by atoms with van der Waals surface area (Å²) in [6, 6.07) is 5.69. The van der Waals surface area contributed by atoms with Crippen LogP contribution in [0.15, 0.2) is 23.1 Å². The molecule has 1 rings (SSSR count). The fraction of sp³-hybridized carbons (Fsp3) is 0.500. The van der Waals surface area contributed by atoms with Crippen LogP contribution in [0.1, 0.15) is 31.9 Å². The molecule has 15 heavy (non-hydrogen) atoms. The van der Waals surface area contributed by atoms with Gasteiger partial charge >= 0.3 is 0 Å². The van der Waals surface area contributed by atoms with E-state index in [1.54, 1.807) is 17.8 Å². The maximum Gasteiger partial charge on any atom is 0.137 e. The van der Waals surface area contributed by atoms with Gasteiger partial charge in [-0.3, -0.25) is 0 Å². The molecule has 0 aliphatic heterocycles. The van der Waals surface area contributed by atoms with Gasteiger partial charge in [0.25, 0.3) is 0 Å². The van der Waals surface area contributed by atoms with Crippen molar-refractivity contribution in [3.63, 3.8) is 0 Å². The number of nitrogens with one attached hydrogen (secondary N) is 1. The summed E-state index contributed by atoms with van der Waals surface area (Å²) in [6.07, 6.45) is 1.07. The van der Waals surface area contributed by atoms with Crippen LogP contribution < -0.4 is 5.32 Å². The first-order chi connectivity index (χ1) is 7.19. The minimum absolute atomic E-state index is 0.104. The summed E-state index contributed by atoms with van der Waals surface area (Å²) in [4.78, 5) is 0.754. The normalized spacial score (nSPS) is 12.8. The highest BCUT2D eigenvalue weighted by molar-refractivity contribution is 7.99. The van der Waals surface area contributed by atoms with Gasteiger partial charge in [0, 0.05) is 10.9 Å². The molecule has 0 bridgehead atoms. The predicted molar refractivity (Wildman–Crippen MR) is 64.9 cm³/mol. The Morgan fingerprint density at radius 2 is 2.20 bits per heavy atom. The van der Waals surface area contributed by atoms with Crippen LogP contribution in [0.5, 0.6) is 0 Å². The summed E-state index contributed by atoms with van der Waals surface area (Å²) in [7, 11) is 1.88. The van der Waals surface area contributed by atoms with Gasteiger partial charge < -0.3 is 5.32 Å². The van der Waals surface area contributed by atoms with E-state index in [4.69, 9.17) is 0 Å². The first-order valence-electron chi connectivity index (χ1n) is 5.28. The van der Waals surface area contributed by atoms with E-state index in [9.17, 15) is 4.39 Å². The lowest BCUT2D eigenvalue weighted by Gasteiger charge is -2.11. The summed E-state index contributed by atoms with van der Waals surface area (Å²) in [5, 5.41) is 3.10. The molecule has 0 spiro atoms. The molecule has 1 atom stereocenters. The van der Waals surface area contributed by atoms with Gasteiger partial charge in [-0.1, -0.05) is 13.0 Å². The molecule has 0 heterocycles. The molecular weight excluding hydrogens is 209 g/mol. The Morgan fingerprint density at radius 3 is 2.73 bits per heavy atom. The third-order valence-corrected chi connectivity index (χ3v) is 3.61. The van der Waals surface area contributed by atoms with E-state index < -0.39 is 0 Å². The zero-order chi connectivity index (χ0) is 11.3. The average Bonchev–Trinajstić information content (AvgIpc) is 2.26. The van der Waals surface area contributed by atoms with E-state index >= 15 is 0 Å². The molecule has 0 fully saturated rings. The van der Waals surface area contributed by atoms with Gasteiger partial charge in [0.2, 0.25) is 0 Å². The highest BCUT2D eigenvalue weighted by Gasteiger charge is 2.07. The largest absolute Gasteiger partial charge is 0.313 e. The summed E-state index contributed by atoms with van der Waals surface area (Å²) >= 11 is 1.58. The van der Waals surface area contributed by atoms with Crippen molar-refractivity contribution < 1.29 is 4.39 Å². The highest BCUT2D eigenvalue weighted by atomic mass is 32.2. The van der Waals surface area contributed by atoms with Crippen molar-refractivity contribution in [1.82, 2.24) is 5.32 Å². The minimum Gasteiger partial charge on any atom is -0.313 e. The number of benzene rings is 1. The molecule has 1 aromatic rings. The van der Waals surface area contributed by atoms with Gasteiger partial charge in [-0.05, 0) is 43.8 Å². The Kier molecular flexibility index (Phi) is 5.12. The lowest BCUT2D eigenvalue weighted by atomic mass is 10.1. The van der Waals surface area contributed by atoms with Gasteiger partial charge in [-0.25, -0.2) is 4.39 Å². The van der Waals surface area contributed by atoms with Crippen molar-refractivity contribution in [2.24, 2.45) is 0 Å². The molecule has 84 valence electrons. The van der Waals surface area contributed by atoms with Crippen LogP contribution >= 0.6 is 11.8 Å². The van der Waals surface area contributed by atoms with Crippen molar-refractivity contribution in [3.8, 4) is 0 Å². The summed E-state index contributed by atoms with van der Waals surface area (Å²) in [6.45, 7) is 4.12. The maximum atomic E-state index is 13.6. The molecule has 0 aliphatic carbocycles. The van der Waals surface area contributed by atoms with Crippen molar-refractivity contribution >= 4 is 11.8 Å². The Hall–Kier alpha value is -0.540. The van der Waals surface area contributed by atoms with Gasteiger partial charge in [0.15, 0.2) is 0 Å². The third kappa shape index (κ3) is 3.50. The topological polar surface area (TPSA) is 12.0 Å². The summed E-state index contributed by atoms with van der Waals surface area (Å²) in [5.41, 5.74) is 0.996. The minimum atomic E-state index is -0.104. The molecule has 0 saturated carbocycles. The first kappa shape index (κ1) is 12.5. The van der Waals surface area contributed by atoms with Gasteiger partial charge in [-0.2, -0.15) is 0 Å². The second-order valence-corrected chi connectivity index (χ2v) is 4.69. The second-order valence-electron chi connectivity index (χ2n) is 3.55. The molecular formula is C12H18FNS.